The van der Waals surface area contributed by atoms with E-state index in [1.807, 2.05) is 24.3 Å². The first kappa shape index (κ1) is 16.0. The molecule has 2 aromatic heterocycles. The van der Waals surface area contributed by atoms with Crippen molar-refractivity contribution < 1.29 is 19.5 Å². The summed E-state index contributed by atoms with van der Waals surface area (Å²) in [6, 6.07) is 8.97. The summed E-state index contributed by atoms with van der Waals surface area (Å²) in [5.41, 5.74) is 1.07. The maximum absolute atomic E-state index is 12.2. The lowest BCUT2D eigenvalue weighted by molar-refractivity contribution is -0.131. The second kappa shape index (κ2) is 6.73. The van der Waals surface area contributed by atoms with Crippen LogP contribution in [0.5, 0.6) is 0 Å². The molecule has 0 atom stereocenters. The lowest BCUT2D eigenvalue weighted by Gasteiger charge is -1.97. The van der Waals surface area contributed by atoms with Crippen molar-refractivity contribution in [1.82, 2.24) is 4.98 Å². The number of aromatic nitrogens is 1. The highest BCUT2D eigenvalue weighted by Gasteiger charge is 2.14. The van der Waals surface area contributed by atoms with E-state index in [0.29, 0.717) is 10.0 Å². The summed E-state index contributed by atoms with van der Waals surface area (Å²) in [7, 11) is 0. The lowest BCUT2D eigenvalue weighted by atomic mass is 10.2. The molecule has 0 bridgehead atoms. The van der Waals surface area contributed by atoms with Crippen LogP contribution in [0.1, 0.15) is 20.0 Å². The highest BCUT2D eigenvalue weighted by atomic mass is 32.1. The monoisotopic (exact) mass is 358 g/mol. The minimum absolute atomic E-state index is 0.270. The van der Waals surface area contributed by atoms with Gasteiger partial charge in [0.25, 0.3) is 5.91 Å². The Morgan fingerprint density at radius 3 is 2.71 bits per heavy atom. The number of ketones is 1. The molecule has 0 radical (unpaired) electrons. The van der Waals surface area contributed by atoms with Gasteiger partial charge >= 0.3 is 5.97 Å². The number of thiophene rings is 1. The van der Waals surface area contributed by atoms with E-state index >= 15 is 0 Å². The van der Waals surface area contributed by atoms with Gasteiger partial charge in [0.05, 0.1) is 15.1 Å². The van der Waals surface area contributed by atoms with Crippen molar-refractivity contribution in [1.29, 1.82) is 0 Å². The fourth-order valence-corrected chi connectivity index (χ4v) is 3.56. The number of amides is 1. The number of fused-ring (bicyclic) bond motifs is 1. The largest absolute Gasteiger partial charge is 0.478 e. The molecule has 1 amide bonds. The molecule has 6 nitrogen and oxygen atoms in total. The van der Waals surface area contributed by atoms with Crippen LogP contribution >= 0.6 is 22.7 Å². The van der Waals surface area contributed by atoms with Gasteiger partial charge in [0.15, 0.2) is 10.9 Å². The van der Waals surface area contributed by atoms with E-state index in [1.54, 1.807) is 0 Å². The zero-order chi connectivity index (χ0) is 17.1. The molecule has 0 spiro atoms. The molecule has 24 heavy (non-hydrogen) atoms. The van der Waals surface area contributed by atoms with Crippen molar-refractivity contribution in [3.63, 3.8) is 0 Å². The average molecular weight is 358 g/mol. The van der Waals surface area contributed by atoms with Crippen LogP contribution in [0.15, 0.2) is 47.9 Å². The Morgan fingerprint density at radius 1 is 1.17 bits per heavy atom. The Kier molecular flexibility index (Phi) is 4.50. The van der Waals surface area contributed by atoms with Crippen molar-refractivity contribution in [2.45, 2.75) is 0 Å². The second-order valence-corrected chi connectivity index (χ2v) is 6.62. The Morgan fingerprint density at radius 2 is 1.96 bits per heavy atom. The molecule has 0 saturated carbocycles. The topological polar surface area (TPSA) is 96.4 Å². The Bertz CT molecular complexity index is 938. The second-order valence-electron chi connectivity index (χ2n) is 4.68. The maximum atomic E-state index is 12.2. The lowest BCUT2D eigenvalue weighted by Crippen LogP contribution is -2.09. The van der Waals surface area contributed by atoms with E-state index < -0.39 is 11.8 Å². The molecule has 3 aromatic rings. The third-order valence-electron chi connectivity index (χ3n) is 3.00. The van der Waals surface area contributed by atoms with Crippen LogP contribution in [0, 0.1) is 0 Å². The Hall–Kier alpha value is -2.84. The van der Waals surface area contributed by atoms with E-state index in [-0.39, 0.29) is 11.5 Å². The number of hydrogen-bond donors (Lipinski definition) is 2. The molecule has 0 fully saturated rings. The quantitative estimate of drug-likeness (QED) is 0.538. The van der Waals surface area contributed by atoms with Crippen LogP contribution in [0.2, 0.25) is 0 Å². The zero-order valence-electron chi connectivity index (χ0n) is 12.1. The van der Waals surface area contributed by atoms with Gasteiger partial charge in [-0.2, -0.15) is 0 Å². The average Bonchev–Trinajstić information content (AvgIpc) is 3.18. The standard InChI is InChI=1S/C16H10N2O4S2/c19-11(5-6-14(20)21)9-7-13(23-8-9)15(22)18-16-17-10-3-1-2-4-12(10)24-16/h1-8H,(H,20,21)(H,17,18,22). The summed E-state index contributed by atoms with van der Waals surface area (Å²) in [5, 5.41) is 13.2. The predicted octanol–water partition coefficient (Wildman–Crippen LogP) is 3.43. The van der Waals surface area contributed by atoms with Gasteiger partial charge in [0, 0.05) is 17.0 Å². The van der Waals surface area contributed by atoms with Gasteiger partial charge in [-0.1, -0.05) is 23.5 Å². The smallest absolute Gasteiger partial charge is 0.328 e. The number of thiazole rings is 1. The number of carboxylic acids is 1. The third kappa shape index (κ3) is 3.55. The number of aliphatic carboxylic acids is 1. The van der Waals surface area contributed by atoms with Crippen LogP contribution in [-0.2, 0) is 4.79 Å². The predicted molar refractivity (Wildman–Crippen MR) is 93.0 cm³/mol. The first-order chi connectivity index (χ1) is 11.5. The van der Waals surface area contributed by atoms with Gasteiger partial charge in [0.1, 0.15) is 0 Å². The van der Waals surface area contributed by atoms with Crippen molar-refractivity contribution in [3.8, 4) is 0 Å². The number of nitrogens with zero attached hydrogens (tertiary/aromatic N) is 1. The third-order valence-corrected chi connectivity index (χ3v) is 4.88. The molecule has 8 heteroatoms. The number of nitrogens with one attached hydrogen (secondary N) is 1. The van der Waals surface area contributed by atoms with Crippen molar-refractivity contribution >= 4 is 55.7 Å². The zero-order valence-corrected chi connectivity index (χ0v) is 13.7. The summed E-state index contributed by atoms with van der Waals surface area (Å²) in [4.78, 5) is 39.1. The number of allylic oxidation sites excluding steroid dienone is 1. The fourth-order valence-electron chi connectivity index (χ4n) is 1.91. The Labute approximate surface area is 144 Å². The van der Waals surface area contributed by atoms with Crippen LogP contribution in [0.25, 0.3) is 10.2 Å². The number of rotatable bonds is 5. The van der Waals surface area contributed by atoms with Crippen LogP contribution in [-0.4, -0.2) is 27.8 Å². The SMILES string of the molecule is O=C(O)C=CC(=O)c1csc(C(=O)Nc2nc3ccccc3s2)c1. The molecule has 0 aliphatic heterocycles. The molecule has 2 heterocycles. The molecular weight excluding hydrogens is 348 g/mol. The molecule has 2 N–H and O–H groups in total. The van der Waals surface area contributed by atoms with E-state index in [9.17, 15) is 14.4 Å². The molecule has 3 rings (SSSR count). The summed E-state index contributed by atoms with van der Waals surface area (Å²) in [6.45, 7) is 0. The highest BCUT2D eigenvalue weighted by molar-refractivity contribution is 7.22. The van der Waals surface area contributed by atoms with Crippen molar-refractivity contribution in [3.05, 3.63) is 58.3 Å². The van der Waals surface area contributed by atoms with Crippen molar-refractivity contribution in [2.24, 2.45) is 0 Å². The Balaban J connectivity index is 1.73. The molecular formula is C16H10N2O4S2. The van der Waals surface area contributed by atoms with Crippen LogP contribution < -0.4 is 5.32 Å². The molecule has 0 saturated heterocycles. The number of para-hydroxylation sites is 1. The molecule has 1 aromatic carbocycles. The van der Waals surface area contributed by atoms with E-state index in [0.717, 1.165) is 33.7 Å². The maximum Gasteiger partial charge on any atom is 0.328 e. The summed E-state index contributed by atoms with van der Waals surface area (Å²) in [6.07, 6.45) is 1.72. The first-order valence-corrected chi connectivity index (χ1v) is 8.43. The van der Waals surface area contributed by atoms with E-state index in [2.05, 4.69) is 10.3 Å². The van der Waals surface area contributed by atoms with Crippen LogP contribution in [0.3, 0.4) is 0 Å². The number of carbonyl (C=O) groups excluding carboxylic acids is 2. The molecule has 120 valence electrons. The molecule has 0 unspecified atom stereocenters. The summed E-state index contributed by atoms with van der Waals surface area (Å²) < 4.78 is 0.966. The number of carbonyl (C=O) groups is 3. The minimum atomic E-state index is -1.20. The minimum Gasteiger partial charge on any atom is -0.478 e. The normalized spacial score (nSPS) is 11.0. The first-order valence-electron chi connectivity index (χ1n) is 6.74. The van der Waals surface area contributed by atoms with Gasteiger partial charge in [-0.25, -0.2) is 9.78 Å². The number of benzene rings is 1. The molecule has 0 aliphatic carbocycles. The summed E-state index contributed by atoms with van der Waals surface area (Å²) >= 11 is 2.47. The van der Waals surface area contributed by atoms with E-state index in [4.69, 9.17) is 5.11 Å². The number of hydrogen-bond acceptors (Lipinski definition) is 6. The van der Waals surface area contributed by atoms with Gasteiger partial charge in [-0.15, -0.1) is 11.3 Å². The van der Waals surface area contributed by atoms with Crippen LogP contribution in [0.4, 0.5) is 5.13 Å². The number of anilines is 1. The van der Waals surface area contributed by atoms with Gasteiger partial charge in [-0.3, -0.25) is 14.9 Å². The molecule has 0 aliphatic rings. The van der Waals surface area contributed by atoms with Gasteiger partial charge < -0.3 is 5.11 Å². The van der Waals surface area contributed by atoms with Gasteiger partial charge in [-0.05, 0) is 24.3 Å². The van der Waals surface area contributed by atoms with Crippen molar-refractivity contribution in [2.75, 3.05) is 5.32 Å². The van der Waals surface area contributed by atoms with E-state index in [1.165, 1.54) is 22.8 Å². The fraction of sp³-hybridized carbons (Fsp3) is 0. The van der Waals surface area contributed by atoms with Gasteiger partial charge in [0.2, 0.25) is 0 Å². The number of carboxylic acid groups (broad SMARTS) is 1. The summed E-state index contributed by atoms with van der Waals surface area (Å²) in [5.74, 6) is -2.03. The highest BCUT2D eigenvalue weighted by Crippen LogP contribution is 2.26.